The van der Waals surface area contributed by atoms with Crippen LogP contribution in [0.2, 0.25) is 0 Å². The van der Waals surface area contributed by atoms with Crippen LogP contribution in [0.25, 0.3) is 0 Å². The molecule has 0 bridgehead atoms. The highest BCUT2D eigenvalue weighted by Gasteiger charge is 2.31. The molecule has 1 aromatic rings. The van der Waals surface area contributed by atoms with Crippen molar-refractivity contribution in [1.29, 1.82) is 0 Å². The normalized spacial score (nSPS) is 20.9. The van der Waals surface area contributed by atoms with Gasteiger partial charge in [-0.05, 0) is 31.2 Å². The van der Waals surface area contributed by atoms with Crippen molar-refractivity contribution in [3.8, 4) is 0 Å². The average molecular weight is 302 g/mol. The molecule has 7 nitrogen and oxygen atoms in total. The monoisotopic (exact) mass is 302 g/mol. The van der Waals surface area contributed by atoms with Crippen LogP contribution in [0.3, 0.4) is 0 Å². The second-order valence-electron chi connectivity index (χ2n) is 4.94. The summed E-state index contributed by atoms with van der Waals surface area (Å²) in [6.45, 7) is 0.847. The quantitative estimate of drug-likeness (QED) is 0.733. The molecule has 1 aromatic heterocycles. The predicted octanol–water partition coefficient (Wildman–Crippen LogP) is 0.496. The van der Waals surface area contributed by atoms with Crippen molar-refractivity contribution in [3.63, 3.8) is 0 Å². The summed E-state index contributed by atoms with van der Waals surface area (Å²) in [6.07, 6.45) is 3.44. The van der Waals surface area contributed by atoms with Gasteiger partial charge in [-0.25, -0.2) is 13.2 Å². The second-order valence-corrected chi connectivity index (χ2v) is 6.88. The molecule has 0 aliphatic carbocycles. The molecule has 20 heavy (non-hydrogen) atoms. The highest BCUT2D eigenvalue weighted by atomic mass is 32.2. The predicted molar refractivity (Wildman–Crippen MR) is 70.9 cm³/mol. The van der Waals surface area contributed by atoms with Crippen molar-refractivity contribution in [1.82, 2.24) is 9.29 Å². The number of aromatic nitrogens is 1. The summed E-state index contributed by atoms with van der Waals surface area (Å²) < 4.78 is 26.2. The topological polar surface area (TPSA) is 111 Å². The number of aromatic amines is 1. The Morgan fingerprint density at radius 3 is 2.85 bits per heavy atom. The third kappa shape index (κ3) is 3.02. The van der Waals surface area contributed by atoms with Gasteiger partial charge in [0.1, 0.15) is 10.6 Å². The van der Waals surface area contributed by atoms with E-state index in [1.807, 2.05) is 0 Å². The highest BCUT2D eigenvalue weighted by Crippen LogP contribution is 2.25. The number of nitrogens with zero attached hydrogens (tertiary/aromatic N) is 1. The van der Waals surface area contributed by atoms with Crippen LogP contribution in [-0.2, 0) is 10.0 Å². The third-order valence-electron chi connectivity index (χ3n) is 3.54. The summed E-state index contributed by atoms with van der Waals surface area (Å²) in [4.78, 5) is 13.2. The first-order valence-electron chi connectivity index (χ1n) is 6.48. The van der Waals surface area contributed by atoms with Gasteiger partial charge in [-0.3, -0.25) is 0 Å². The SMILES string of the molecule is O=C(O)c1cc(S(=O)(=O)N2CCCC(CCO)C2)c[nH]1. The molecule has 0 radical (unpaired) electrons. The number of nitrogens with one attached hydrogen (secondary N) is 1. The van der Waals surface area contributed by atoms with Gasteiger partial charge in [0.15, 0.2) is 0 Å². The lowest BCUT2D eigenvalue weighted by Crippen LogP contribution is -2.40. The lowest BCUT2D eigenvalue weighted by molar-refractivity contribution is 0.0691. The zero-order valence-electron chi connectivity index (χ0n) is 10.9. The summed E-state index contributed by atoms with van der Waals surface area (Å²) in [7, 11) is -3.67. The lowest BCUT2D eigenvalue weighted by atomic mass is 9.97. The van der Waals surface area contributed by atoms with E-state index in [1.54, 1.807) is 0 Å². The molecule has 0 aromatic carbocycles. The van der Waals surface area contributed by atoms with Gasteiger partial charge in [-0.2, -0.15) is 4.31 Å². The fourth-order valence-corrected chi connectivity index (χ4v) is 4.01. The molecule has 0 saturated carbocycles. The van der Waals surface area contributed by atoms with Gasteiger partial charge in [0.2, 0.25) is 10.0 Å². The first-order chi connectivity index (χ1) is 9.45. The van der Waals surface area contributed by atoms with Crippen molar-refractivity contribution >= 4 is 16.0 Å². The number of H-pyrrole nitrogens is 1. The molecule has 1 saturated heterocycles. The van der Waals surface area contributed by atoms with Crippen LogP contribution in [0.15, 0.2) is 17.2 Å². The van der Waals surface area contributed by atoms with Gasteiger partial charge in [-0.15, -0.1) is 0 Å². The number of aromatic carboxylic acids is 1. The van der Waals surface area contributed by atoms with Gasteiger partial charge in [0, 0.05) is 25.9 Å². The molecule has 1 fully saturated rings. The van der Waals surface area contributed by atoms with Crippen LogP contribution in [-0.4, -0.2) is 53.6 Å². The van der Waals surface area contributed by atoms with Crippen LogP contribution in [0.4, 0.5) is 0 Å². The van der Waals surface area contributed by atoms with Gasteiger partial charge < -0.3 is 15.2 Å². The average Bonchev–Trinajstić information content (AvgIpc) is 2.90. The van der Waals surface area contributed by atoms with E-state index in [0.29, 0.717) is 19.5 Å². The molecule has 1 aliphatic rings. The molecule has 1 unspecified atom stereocenters. The summed E-state index contributed by atoms with van der Waals surface area (Å²) in [6, 6.07) is 1.13. The fourth-order valence-electron chi connectivity index (χ4n) is 2.46. The zero-order valence-corrected chi connectivity index (χ0v) is 11.8. The maximum atomic E-state index is 12.4. The molecule has 8 heteroatoms. The summed E-state index contributed by atoms with van der Waals surface area (Å²) in [5.74, 6) is -1.04. The molecular weight excluding hydrogens is 284 g/mol. The Balaban J connectivity index is 2.18. The molecule has 112 valence electrons. The molecular formula is C12H18N2O5S. The van der Waals surface area contributed by atoms with Crippen molar-refractivity contribution in [2.75, 3.05) is 19.7 Å². The van der Waals surface area contributed by atoms with Crippen LogP contribution in [0.5, 0.6) is 0 Å². The molecule has 1 aliphatic heterocycles. The summed E-state index contributed by atoms with van der Waals surface area (Å²) in [5, 5.41) is 17.8. The molecule has 3 N–H and O–H groups in total. The molecule has 0 amide bonds. The summed E-state index contributed by atoms with van der Waals surface area (Å²) >= 11 is 0. The number of carbonyl (C=O) groups is 1. The van der Waals surface area contributed by atoms with E-state index >= 15 is 0 Å². The number of carboxylic acid groups (broad SMARTS) is 1. The van der Waals surface area contributed by atoms with Crippen molar-refractivity contribution in [3.05, 3.63) is 18.0 Å². The smallest absolute Gasteiger partial charge is 0.352 e. The number of aliphatic hydroxyl groups excluding tert-OH is 1. The number of hydrogen-bond acceptors (Lipinski definition) is 4. The minimum absolute atomic E-state index is 0.0282. The van der Waals surface area contributed by atoms with E-state index in [4.69, 9.17) is 10.2 Å². The fraction of sp³-hybridized carbons (Fsp3) is 0.583. The zero-order chi connectivity index (χ0) is 14.8. The van der Waals surface area contributed by atoms with Gasteiger partial charge in [0.05, 0.1) is 0 Å². The van der Waals surface area contributed by atoms with Crippen LogP contribution in [0.1, 0.15) is 29.8 Å². The minimum atomic E-state index is -3.67. The van der Waals surface area contributed by atoms with Crippen molar-refractivity contribution < 1.29 is 23.4 Å². The second kappa shape index (κ2) is 5.94. The summed E-state index contributed by atoms with van der Waals surface area (Å²) in [5.41, 5.74) is -0.146. The first-order valence-corrected chi connectivity index (χ1v) is 7.92. The van der Waals surface area contributed by atoms with E-state index in [-0.39, 0.29) is 23.1 Å². The molecule has 2 rings (SSSR count). The van der Waals surface area contributed by atoms with Crippen molar-refractivity contribution in [2.45, 2.75) is 24.2 Å². The maximum Gasteiger partial charge on any atom is 0.352 e. The minimum Gasteiger partial charge on any atom is -0.477 e. The lowest BCUT2D eigenvalue weighted by Gasteiger charge is -2.31. The molecule has 2 heterocycles. The number of carboxylic acids is 1. The van der Waals surface area contributed by atoms with E-state index in [9.17, 15) is 13.2 Å². The Morgan fingerprint density at radius 2 is 2.25 bits per heavy atom. The maximum absolute atomic E-state index is 12.4. The number of sulfonamides is 1. The third-order valence-corrected chi connectivity index (χ3v) is 5.39. The number of piperidine rings is 1. The van der Waals surface area contributed by atoms with E-state index in [2.05, 4.69) is 4.98 Å². The number of hydrogen-bond donors (Lipinski definition) is 3. The standard InChI is InChI=1S/C12H18N2O5S/c15-5-3-9-2-1-4-14(8-9)20(18,19)10-6-11(12(16)17)13-7-10/h6-7,9,13,15H,1-5,8H2,(H,16,17). The highest BCUT2D eigenvalue weighted by molar-refractivity contribution is 7.89. The van der Waals surface area contributed by atoms with E-state index in [0.717, 1.165) is 18.9 Å². The largest absolute Gasteiger partial charge is 0.477 e. The number of rotatable bonds is 5. The van der Waals surface area contributed by atoms with E-state index in [1.165, 1.54) is 10.5 Å². The molecule has 1 atom stereocenters. The Hall–Kier alpha value is -1.38. The van der Waals surface area contributed by atoms with E-state index < -0.39 is 16.0 Å². The van der Waals surface area contributed by atoms with Crippen molar-refractivity contribution in [2.24, 2.45) is 5.92 Å². The Bertz CT molecular complexity index is 578. The van der Waals surface area contributed by atoms with Crippen LogP contribution in [0, 0.1) is 5.92 Å². The number of aliphatic hydroxyl groups is 1. The van der Waals surface area contributed by atoms with Gasteiger partial charge in [0.25, 0.3) is 0 Å². The van der Waals surface area contributed by atoms with Crippen LogP contribution >= 0.6 is 0 Å². The Kier molecular flexibility index (Phi) is 4.46. The Morgan fingerprint density at radius 1 is 1.50 bits per heavy atom. The van der Waals surface area contributed by atoms with Crippen LogP contribution < -0.4 is 0 Å². The first kappa shape index (κ1) is 15.0. The Labute approximate surface area is 117 Å². The molecule has 0 spiro atoms. The van der Waals surface area contributed by atoms with Gasteiger partial charge >= 0.3 is 5.97 Å². The van der Waals surface area contributed by atoms with Gasteiger partial charge in [-0.1, -0.05) is 0 Å².